The maximum absolute atomic E-state index is 13.5. The minimum atomic E-state index is -2.85. The van der Waals surface area contributed by atoms with Gasteiger partial charge in [0.2, 0.25) is 0 Å². The van der Waals surface area contributed by atoms with Crippen molar-refractivity contribution >= 4 is 58.9 Å². The molecular weight excluding hydrogens is 733 g/mol. The van der Waals surface area contributed by atoms with E-state index < -0.39 is 19.9 Å². The van der Waals surface area contributed by atoms with E-state index in [4.69, 9.17) is 24.1 Å². The zero-order valence-corrected chi connectivity index (χ0v) is 34.7. The molecule has 4 aromatic carbocycles. The van der Waals surface area contributed by atoms with Crippen molar-refractivity contribution in [2.24, 2.45) is 0 Å². The predicted octanol–water partition coefficient (Wildman–Crippen LogP) is 7.96. The van der Waals surface area contributed by atoms with E-state index in [1.165, 1.54) is 0 Å². The van der Waals surface area contributed by atoms with Crippen LogP contribution in [0, 0.1) is 0 Å². The maximum Gasteiger partial charge on any atom is 0.347 e. The van der Waals surface area contributed by atoms with Crippen molar-refractivity contribution < 1.29 is 27.9 Å². The number of carbonyl (C=O) groups excluding carboxylic acids is 2. The highest BCUT2D eigenvalue weighted by Gasteiger charge is 2.50. The summed E-state index contributed by atoms with van der Waals surface area (Å²) in [6, 6.07) is 35.3. The molecule has 298 valence electrons. The van der Waals surface area contributed by atoms with E-state index in [-0.39, 0.29) is 49.2 Å². The van der Waals surface area contributed by atoms with Gasteiger partial charge in [0.05, 0.1) is 18.8 Å². The summed E-state index contributed by atoms with van der Waals surface area (Å²) in [7, 11) is -2.85. The first-order chi connectivity index (χ1) is 27.5. The molecule has 0 saturated carbocycles. The van der Waals surface area contributed by atoms with Crippen LogP contribution in [-0.2, 0) is 18.7 Å². The van der Waals surface area contributed by atoms with Gasteiger partial charge in [-0.3, -0.25) is 4.79 Å². The van der Waals surface area contributed by atoms with Crippen molar-refractivity contribution in [3.05, 3.63) is 148 Å². The van der Waals surface area contributed by atoms with Gasteiger partial charge in [0, 0.05) is 48.9 Å². The molecule has 1 aromatic heterocycles. The summed E-state index contributed by atoms with van der Waals surface area (Å²) < 4.78 is 23.9. The van der Waals surface area contributed by atoms with Crippen molar-refractivity contribution in [2.75, 3.05) is 50.2 Å². The lowest BCUT2D eigenvalue weighted by molar-refractivity contribution is -0.140. The number of fused-ring (bicyclic) bond motifs is 1. The molecule has 5 rings (SSSR count). The van der Waals surface area contributed by atoms with Crippen molar-refractivity contribution in [2.45, 2.75) is 52.5 Å². The van der Waals surface area contributed by atoms with Crippen molar-refractivity contribution in [1.82, 2.24) is 0 Å². The van der Waals surface area contributed by atoms with E-state index >= 15 is 0 Å². The molecule has 0 aliphatic rings. The van der Waals surface area contributed by atoms with E-state index in [2.05, 4.69) is 63.8 Å². The van der Waals surface area contributed by atoms with Gasteiger partial charge < -0.3 is 29.0 Å². The van der Waals surface area contributed by atoms with Gasteiger partial charge in [-0.25, -0.2) is 9.59 Å². The molecule has 0 fully saturated rings. The Morgan fingerprint density at radius 1 is 0.825 bits per heavy atom. The van der Waals surface area contributed by atoms with Gasteiger partial charge in [-0.05, 0) is 83.7 Å². The van der Waals surface area contributed by atoms with Crippen molar-refractivity contribution in [3.63, 3.8) is 0 Å². The van der Waals surface area contributed by atoms with E-state index in [1.807, 2.05) is 72.8 Å². The Bertz CT molecular complexity index is 2170. The summed E-state index contributed by atoms with van der Waals surface area (Å²) in [4.78, 5) is 41.3. The second kappa shape index (κ2) is 20.0. The first-order valence-corrected chi connectivity index (χ1v) is 21.5. The average molecular weight is 787 g/mol. The van der Waals surface area contributed by atoms with E-state index in [0.29, 0.717) is 28.7 Å². The van der Waals surface area contributed by atoms with Crippen LogP contribution in [-0.4, -0.2) is 59.6 Å². The molecule has 5 aromatic rings. The van der Waals surface area contributed by atoms with Crippen LogP contribution in [0.2, 0.25) is 5.04 Å². The number of carbonyl (C=O) groups is 2. The molecule has 2 N–H and O–H groups in total. The Balaban J connectivity index is 1.20. The highest BCUT2D eigenvalue weighted by molar-refractivity contribution is 6.99. The number of rotatable bonds is 19. The lowest BCUT2D eigenvalue weighted by Gasteiger charge is -2.42. The largest absolute Gasteiger partial charge is 0.460 e. The number of hydrogen-bond donors (Lipinski definition) is 1. The van der Waals surface area contributed by atoms with Crippen LogP contribution < -0.4 is 26.6 Å². The number of Topliss-reactive ketones (excluding diaryl/α,β-unsaturated/α-hetero) is 1. The molecule has 57 heavy (non-hydrogen) atoms. The van der Waals surface area contributed by atoms with Crippen LogP contribution >= 0.6 is 0 Å². The lowest BCUT2D eigenvalue weighted by Crippen LogP contribution is -2.66. The number of nitrogen functional groups attached to an aromatic ring is 1. The molecule has 1 heterocycles. The second-order valence-corrected chi connectivity index (χ2v) is 19.1. The van der Waals surface area contributed by atoms with Crippen LogP contribution in [0.4, 0.5) is 11.4 Å². The second-order valence-electron chi connectivity index (χ2n) is 14.8. The molecule has 0 aliphatic heterocycles. The van der Waals surface area contributed by atoms with Gasteiger partial charge >= 0.3 is 11.6 Å². The fourth-order valence-corrected chi connectivity index (χ4v) is 11.4. The quantitative estimate of drug-likeness (QED) is 0.0130. The Morgan fingerprint density at radius 3 is 2.09 bits per heavy atom. The smallest absolute Gasteiger partial charge is 0.347 e. The molecule has 0 atom stereocenters. The summed E-state index contributed by atoms with van der Waals surface area (Å²) >= 11 is 0. The van der Waals surface area contributed by atoms with Crippen LogP contribution in [0.5, 0.6) is 0 Å². The van der Waals surface area contributed by atoms with Gasteiger partial charge in [0.15, 0.2) is 5.78 Å². The van der Waals surface area contributed by atoms with Crippen molar-refractivity contribution in [3.8, 4) is 0 Å². The average Bonchev–Trinajstić information content (AvgIpc) is 3.21. The molecule has 10 heteroatoms. The van der Waals surface area contributed by atoms with Gasteiger partial charge in [0.25, 0.3) is 8.32 Å². The molecule has 0 saturated heterocycles. The summed E-state index contributed by atoms with van der Waals surface area (Å²) in [5.74, 6) is -0.824. The monoisotopic (exact) mass is 786 g/mol. The molecule has 0 spiro atoms. The zero-order chi connectivity index (χ0) is 40.8. The highest BCUT2D eigenvalue weighted by atomic mass is 28.4. The first kappa shape index (κ1) is 42.6. The van der Waals surface area contributed by atoms with Crippen LogP contribution in [0.25, 0.3) is 17.0 Å². The van der Waals surface area contributed by atoms with Gasteiger partial charge in [-0.1, -0.05) is 99.6 Å². The van der Waals surface area contributed by atoms with E-state index in [1.54, 1.807) is 30.4 Å². The fraction of sp³-hybridized carbons (Fsp3) is 0.298. The molecule has 9 nitrogen and oxygen atoms in total. The molecule has 0 bridgehead atoms. The molecule has 0 radical (unpaired) electrons. The maximum atomic E-state index is 13.5. The number of ketones is 1. The number of ether oxygens (including phenoxy) is 2. The predicted molar refractivity (Wildman–Crippen MR) is 233 cm³/mol. The number of benzene rings is 4. The SMILES string of the molecule is CCN(CC)c1ccc2cc(C(=O)CCCOCCOC(=O)C(/C=C/c3ccc(N)cc3)=C/CO[Si](c3ccccc3)(c3ccccc3)C(C)(C)C)c(=O)oc2c1. The Kier molecular flexibility index (Phi) is 15.0. The lowest BCUT2D eigenvalue weighted by atomic mass is 10.1. The molecule has 0 amide bonds. The Morgan fingerprint density at radius 2 is 1.47 bits per heavy atom. The summed E-state index contributed by atoms with van der Waals surface area (Å²) in [6.45, 7) is 13.0. The zero-order valence-electron chi connectivity index (χ0n) is 33.7. The van der Waals surface area contributed by atoms with E-state index in [9.17, 15) is 14.4 Å². The van der Waals surface area contributed by atoms with Gasteiger partial charge in [0.1, 0.15) is 17.8 Å². The van der Waals surface area contributed by atoms with Gasteiger partial charge in [-0.2, -0.15) is 0 Å². The number of anilines is 2. The number of nitrogens with zero attached hydrogens (tertiary/aromatic N) is 1. The molecular formula is C47H54N2O7Si. The minimum Gasteiger partial charge on any atom is -0.460 e. The topological polar surface area (TPSA) is 121 Å². The standard InChI is InChI=1S/C47H54N2O7Si/c1-6-49(7-2)39-27-24-37-33-42(46(52)56-44(37)34-39)43(50)19-14-29-53-31-32-54-45(51)36(23-20-35-21-25-38(48)26-22-35)28-30-55-57(47(3,4)5,40-15-10-8-11-16-40)41-17-12-9-13-18-41/h8-13,15-18,20-28,33-34H,6-7,14,19,29-32,48H2,1-5H3/b23-20+,36-28+. The normalized spacial score (nSPS) is 12.3. The first-order valence-electron chi connectivity index (χ1n) is 19.6. The van der Waals surface area contributed by atoms with E-state index in [0.717, 1.165) is 34.7 Å². The Labute approximate surface area is 336 Å². The Hall–Kier alpha value is -5.55. The highest BCUT2D eigenvalue weighted by Crippen LogP contribution is 2.36. The van der Waals surface area contributed by atoms with Gasteiger partial charge in [-0.15, -0.1) is 0 Å². The fourth-order valence-electron chi connectivity index (χ4n) is 6.96. The number of esters is 1. The summed E-state index contributed by atoms with van der Waals surface area (Å²) in [5, 5.41) is 2.74. The summed E-state index contributed by atoms with van der Waals surface area (Å²) in [6.07, 6.45) is 5.84. The molecule has 0 aliphatic carbocycles. The van der Waals surface area contributed by atoms with Crippen LogP contribution in [0.15, 0.2) is 136 Å². The summed E-state index contributed by atoms with van der Waals surface area (Å²) in [5.41, 5.74) is 8.53. The minimum absolute atomic E-state index is 0.0130. The number of nitrogens with two attached hydrogens (primary N) is 1. The third-order valence-corrected chi connectivity index (χ3v) is 15.0. The third kappa shape index (κ3) is 10.9. The molecule has 0 unspecified atom stereocenters. The van der Waals surface area contributed by atoms with Crippen molar-refractivity contribution in [1.29, 1.82) is 0 Å². The number of hydrogen-bond acceptors (Lipinski definition) is 9. The van der Waals surface area contributed by atoms with Crippen LogP contribution in [0.1, 0.15) is 63.4 Å². The van der Waals surface area contributed by atoms with Crippen LogP contribution in [0.3, 0.4) is 0 Å². The third-order valence-electron chi connectivity index (χ3n) is 9.95.